The molecule has 1 aliphatic rings. The number of ether oxygens (including phenoxy) is 1. The van der Waals surface area contributed by atoms with Crippen LogP contribution < -0.4 is 4.74 Å². The van der Waals surface area contributed by atoms with E-state index in [1.807, 2.05) is 0 Å². The number of pyridine rings is 1. The van der Waals surface area contributed by atoms with Gasteiger partial charge in [-0.1, -0.05) is 0 Å². The first kappa shape index (κ1) is 11.2. The number of hydrogen-bond acceptors (Lipinski definition) is 3. The molecule has 1 atom stereocenters. The Hall–Kier alpha value is -1.30. The minimum Gasteiger partial charge on any atom is -0.489 e. The van der Waals surface area contributed by atoms with Crippen LogP contribution in [0.5, 0.6) is 5.75 Å². The number of carboxylic acid groups (broad SMARTS) is 1. The van der Waals surface area contributed by atoms with Crippen LogP contribution in [0.3, 0.4) is 0 Å². The first-order valence-electron chi connectivity index (χ1n) is 4.90. The van der Waals surface area contributed by atoms with Gasteiger partial charge in [-0.2, -0.15) is 0 Å². The number of aromatic nitrogens is 1. The molecule has 1 aliphatic heterocycles. The average Bonchev–Trinajstić information content (AvgIpc) is 2.18. The van der Waals surface area contributed by atoms with Crippen LogP contribution in [-0.4, -0.2) is 40.3 Å². The topological polar surface area (TPSA) is 62.7 Å². The maximum atomic E-state index is 10.7. The van der Waals surface area contributed by atoms with Crippen molar-refractivity contribution in [3.8, 4) is 5.75 Å². The molecule has 6 heteroatoms. The van der Waals surface area contributed by atoms with Crippen molar-refractivity contribution in [1.29, 1.82) is 0 Å². The Balaban J connectivity index is 1.89. The first-order valence-corrected chi connectivity index (χ1v) is 5.69. The van der Waals surface area contributed by atoms with Crippen molar-refractivity contribution in [3.63, 3.8) is 0 Å². The third kappa shape index (κ3) is 2.27. The van der Waals surface area contributed by atoms with Gasteiger partial charge in [0.25, 0.3) is 0 Å². The molecule has 1 amide bonds. The molecule has 0 aliphatic carbocycles. The van der Waals surface area contributed by atoms with E-state index in [1.165, 1.54) is 4.90 Å². The fourth-order valence-electron chi connectivity index (χ4n) is 1.52. The zero-order valence-corrected chi connectivity index (χ0v) is 10.1. The molecule has 0 aromatic carbocycles. The van der Waals surface area contributed by atoms with Crippen LogP contribution in [-0.2, 0) is 0 Å². The monoisotopic (exact) mass is 286 g/mol. The number of hydrogen-bond donors (Lipinski definition) is 1. The average molecular weight is 287 g/mol. The molecule has 1 N–H and O–H groups in total. The van der Waals surface area contributed by atoms with Gasteiger partial charge in [-0.25, -0.2) is 4.79 Å². The summed E-state index contributed by atoms with van der Waals surface area (Å²) >= 11 is 3.34. The van der Waals surface area contributed by atoms with Crippen molar-refractivity contribution in [2.75, 3.05) is 13.2 Å². The fraction of sp³-hybridized carbons (Fsp3) is 0.400. The van der Waals surface area contributed by atoms with Crippen LogP contribution in [0.2, 0.25) is 0 Å². The van der Waals surface area contributed by atoms with Gasteiger partial charge in [0.1, 0.15) is 6.61 Å². The molecule has 0 saturated carbocycles. The van der Waals surface area contributed by atoms with Crippen molar-refractivity contribution in [2.45, 2.75) is 12.5 Å². The Labute approximate surface area is 101 Å². The summed E-state index contributed by atoms with van der Waals surface area (Å²) in [6, 6.07) is 1.75. The first-order chi connectivity index (χ1) is 7.68. The number of likely N-dealkylation sites (tertiary alicyclic amines) is 1. The van der Waals surface area contributed by atoms with Gasteiger partial charge < -0.3 is 14.7 Å². The molecule has 0 spiro atoms. The number of halogens is 1. The van der Waals surface area contributed by atoms with Crippen LogP contribution in [0.25, 0.3) is 0 Å². The molecule has 1 aromatic heterocycles. The number of carbonyl (C=O) groups is 1. The zero-order chi connectivity index (χ0) is 11.5. The molecule has 0 unspecified atom stereocenters. The van der Waals surface area contributed by atoms with Crippen LogP contribution >= 0.6 is 15.9 Å². The summed E-state index contributed by atoms with van der Waals surface area (Å²) in [5.41, 5.74) is 0. The minimum absolute atomic E-state index is 0.0374. The standard InChI is InChI=1S/C10H11BrN2O3/c11-8-1-3-12-5-9(8)16-6-7-2-4-13(7)10(14)15/h1,3,5,7H,2,4,6H2,(H,14,15)/t7-/m1/s1. The lowest BCUT2D eigenvalue weighted by Crippen LogP contribution is -2.53. The van der Waals surface area contributed by atoms with E-state index in [0.717, 1.165) is 10.9 Å². The summed E-state index contributed by atoms with van der Waals surface area (Å²) in [5, 5.41) is 8.80. The highest BCUT2D eigenvalue weighted by Crippen LogP contribution is 2.24. The van der Waals surface area contributed by atoms with Gasteiger partial charge >= 0.3 is 6.09 Å². The lowest BCUT2D eigenvalue weighted by atomic mass is 10.1. The lowest BCUT2D eigenvalue weighted by Gasteiger charge is -2.38. The SMILES string of the molecule is O=C(O)N1CC[C@@H]1COc1cnccc1Br. The summed E-state index contributed by atoms with van der Waals surface area (Å²) in [6.07, 6.45) is 3.23. The highest BCUT2D eigenvalue weighted by atomic mass is 79.9. The summed E-state index contributed by atoms with van der Waals surface area (Å²) < 4.78 is 6.33. The second kappa shape index (κ2) is 4.69. The number of nitrogens with zero attached hydrogens (tertiary/aromatic N) is 2. The van der Waals surface area contributed by atoms with Crippen LogP contribution in [0.15, 0.2) is 22.9 Å². The van der Waals surface area contributed by atoms with Crippen molar-refractivity contribution < 1.29 is 14.6 Å². The van der Waals surface area contributed by atoms with E-state index >= 15 is 0 Å². The molecule has 1 saturated heterocycles. The smallest absolute Gasteiger partial charge is 0.407 e. The van der Waals surface area contributed by atoms with E-state index in [-0.39, 0.29) is 6.04 Å². The molecule has 0 bridgehead atoms. The largest absolute Gasteiger partial charge is 0.489 e. The Morgan fingerprint density at radius 2 is 2.56 bits per heavy atom. The van der Waals surface area contributed by atoms with Crippen LogP contribution in [0.1, 0.15) is 6.42 Å². The zero-order valence-electron chi connectivity index (χ0n) is 8.47. The van der Waals surface area contributed by atoms with Crippen LogP contribution in [0.4, 0.5) is 4.79 Å². The summed E-state index contributed by atoms with van der Waals surface area (Å²) in [4.78, 5) is 16.0. The van der Waals surface area contributed by atoms with E-state index in [0.29, 0.717) is 18.9 Å². The van der Waals surface area contributed by atoms with Crippen molar-refractivity contribution in [2.24, 2.45) is 0 Å². The molecule has 2 heterocycles. The Morgan fingerprint density at radius 3 is 3.12 bits per heavy atom. The third-order valence-corrected chi connectivity index (χ3v) is 3.21. The van der Waals surface area contributed by atoms with Gasteiger partial charge in [0, 0.05) is 12.7 Å². The molecule has 1 aromatic rings. The maximum absolute atomic E-state index is 10.7. The number of amides is 1. The van der Waals surface area contributed by atoms with Gasteiger partial charge in [0.15, 0.2) is 5.75 Å². The summed E-state index contributed by atoms with van der Waals surface area (Å²) in [6.45, 7) is 0.966. The molecule has 0 radical (unpaired) electrons. The predicted octanol–water partition coefficient (Wildman–Crippen LogP) is 1.98. The molecular formula is C10H11BrN2O3. The van der Waals surface area contributed by atoms with Gasteiger partial charge in [-0.15, -0.1) is 0 Å². The van der Waals surface area contributed by atoms with E-state index < -0.39 is 6.09 Å². The molecule has 2 rings (SSSR count). The van der Waals surface area contributed by atoms with Gasteiger partial charge in [0.2, 0.25) is 0 Å². The van der Waals surface area contributed by atoms with E-state index in [2.05, 4.69) is 20.9 Å². The molecule has 1 fully saturated rings. The summed E-state index contributed by atoms with van der Waals surface area (Å²) in [7, 11) is 0. The van der Waals surface area contributed by atoms with Gasteiger partial charge in [0.05, 0.1) is 16.7 Å². The van der Waals surface area contributed by atoms with Crippen molar-refractivity contribution in [1.82, 2.24) is 9.88 Å². The van der Waals surface area contributed by atoms with Gasteiger partial charge in [-0.3, -0.25) is 4.98 Å². The molecular weight excluding hydrogens is 276 g/mol. The van der Waals surface area contributed by atoms with Crippen molar-refractivity contribution in [3.05, 3.63) is 22.9 Å². The summed E-state index contributed by atoms with van der Waals surface area (Å²) in [5.74, 6) is 0.639. The minimum atomic E-state index is -0.884. The van der Waals surface area contributed by atoms with E-state index in [1.54, 1.807) is 18.5 Å². The van der Waals surface area contributed by atoms with Crippen molar-refractivity contribution >= 4 is 22.0 Å². The normalized spacial score (nSPS) is 19.1. The maximum Gasteiger partial charge on any atom is 0.407 e. The van der Waals surface area contributed by atoms with Crippen LogP contribution in [0, 0.1) is 0 Å². The quantitative estimate of drug-likeness (QED) is 0.923. The van der Waals surface area contributed by atoms with Gasteiger partial charge in [-0.05, 0) is 28.4 Å². The lowest BCUT2D eigenvalue weighted by molar-refractivity contribution is 0.0497. The molecule has 5 nitrogen and oxygen atoms in total. The molecule has 16 heavy (non-hydrogen) atoms. The molecule has 86 valence electrons. The highest BCUT2D eigenvalue weighted by Gasteiger charge is 2.32. The Morgan fingerprint density at radius 1 is 1.75 bits per heavy atom. The second-order valence-corrected chi connectivity index (χ2v) is 4.39. The van der Waals surface area contributed by atoms with E-state index in [9.17, 15) is 4.79 Å². The third-order valence-electron chi connectivity index (χ3n) is 2.56. The number of rotatable bonds is 3. The second-order valence-electron chi connectivity index (χ2n) is 3.54. The highest BCUT2D eigenvalue weighted by molar-refractivity contribution is 9.10. The Kier molecular flexibility index (Phi) is 3.28. The Bertz CT molecular complexity index is 399. The predicted molar refractivity (Wildman–Crippen MR) is 60.6 cm³/mol. The fourth-order valence-corrected chi connectivity index (χ4v) is 1.86. The van der Waals surface area contributed by atoms with E-state index in [4.69, 9.17) is 9.84 Å².